The van der Waals surface area contributed by atoms with Gasteiger partial charge in [0.2, 0.25) is 0 Å². The summed E-state index contributed by atoms with van der Waals surface area (Å²) < 4.78 is 5.16. The summed E-state index contributed by atoms with van der Waals surface area (Å²) >= 11 is 0. The minimum absolute atomic E-state index is 0.0285. The summed E-state index contributed by atoms with van der Waals surface area (Å²) in [7, 11) is 0. The first-order chi connectivity index (χ1) is 11.2. The van der Waals surface area contributed by atoms with Crippen LogP contribution >= 0.6 is 0 Å². The molecule has 0 fully saturated rings. The van der Waals surface area contributed by atoms with Gasteiger partial charge < -0.3 is 10.1 Å². The maximum absolute atomic E-state index is 11.7. The molecule has 0 aliphatic carbocycles. The van der Waals surface area contributed by atoms with E-state index < -0.39 is 11.7 Å². The van der Waals surface area contributed by atoms with Crippen LogP contribution in [0.2, 0.25) is 0 Å². The molecule has 0 saturated heterocycles. The number of Topliss-reactive ketones (excluding diaryl/α,β-unsaturated/α-hetero) is 1. The van der Waals surface area contributed by atoms with Crippen molar-refractivity contribution in [3.8, 4) is 0 Å². The Morgan fingerprint density at radius 1 is 1.00 bits per heavy atom. The lowest BCUT2D eigenvalue weighted by molar-refractivity contribution is 0.0635. The molecule has 0 aliphatic rings. The lowest BCUT2D eigenvalue weighted by Gasteiger charge is -2.19. The molecule has 0 bridgehead atoms. The Morgan fingerprint density at radius 2 is 1.62 bits per heavy atom. The fourth-order valence-corrected chi connectivity index (χ4v) is 1.90. The molecule has 6 heteroatoms. The Bertz CT molecular complexity index is 717. The molecular formula is C18H21N3O3. The standard InChI is InChI=1S/C18H21N3O3/c1-12(22)13-5-7-14(8-6-13)20-15-9-10-16(19-11-15)21-17(23)24-18(2,3)4/h5-11,20H,1-4H3,(H,19,21,23). The number of ketones is 1. The molecule has 2 rings (SSSR count). The molecule has 0 saturated carbocycles. The highest BCUT2D eigenvalue weighted by Crippen LogP contribution is 2.18. The quantitative estimate of drug-likeness (QED) is 0.815. The normalized spacial score (nSPS) is 10.8. The summed E-state index contributed by atoms with van der Waals surface area (Å²) in [5.41, 5.74) is 1.71. The first-order valence-electron chi connectivity index (χ1n) is 7.57. The molecular weight excluding hydrogens is 306 g/mol. The van der Waals surface area contributed by atoms with Crippen molar-refractivity contribution in [2.45, 2.75) is 33.3 Å². The summed E-state index contributed by atoms with van der Waals surface area (Å²) in [4.78, 5) is 27.1. The maximum atomic E-state index is 11.7. The SMILES string of the molecule is CC(=O)c1ccc(Nc2ccc(NC(=O)OC(C)(C)C)nc2)cc1. The molecule has 1 aromatic carbocycles. The Labute approximate surface area is 141 Å². The Hall–Kier alpha value is -2.89. The van der Waals surface area contributed by atoms with Crippen molar-refractivity contribution < 1.29 is 14.3 Å². The molecule has 2 aromatic rings. The predicted octanol–water partition coefficient (Wildman–Crippen LogP) is 4.37. The monoisotopic (exact) mass is 327 g/mol. The molecule has 0 radical (unpaired) electrons. The average Bonchev–Trinajstić information content (AvgIpc) is 2.48. The molecule has 126 valence electrons. The van der Waals surface area contributed by atoms with E-state index >= 15 is 0 Å². The van der Waals surface area contributed by atoms with Gasteiger partial charge in [-0.25, -0.2) is 9.78 Å². The van der Waals surface area contributed by atoms with Gasteiger partial charge in [-0.05, 0) is 64.1 Å². The van der Waals surface area contributed by atoms with Gasteiger partial charge in [-0.2, -0.15) is 0 Å². The minimum atomic E-state index is -0.558. The first-order valence-corrected chi connectivity index (χ1v) is 7.57. The maximum Gasteiger partial charge on any atom is 0.413 e. The topological polar surface area (TPSA) is 80.3 Å². The van der Waals surface area contributed by atoms with E-state index in [9.17, 15) is 9.59 Å². The van der Waals surface area contributed by atoms with E-state index in [0.717, 1.165) is 11.4 Å². The molecule has 1 heterocycles. The van der Waals surface area contributed by atoms with Crippen molar-refractivity contribution in [1.29, 1.82) is 0 Å². The minimum Gasteiger partial charge on any atom is -0.444 e. The number of aromatic nitrogens is 1. The molecule has 1 aromatic heterocycles. The number of hydrogen-bond acceptors (Lipinski definition) is 5. The summed E-state index contributed by atoms with van der Waals surface area (Å²) in [6, 6.07) is 10.6. The van der Waals surface area contributed by atoms with Crippen molar-refractivity contribution in [1.82, 2.24) is 4.98 Å². The lowest BCUT2D eigenvalue weighted by Crippen LogP contribution is -2.27. The van der Waals surface area contributed by atoms with Crippen LogP contribution in [0, 0.1) is 0 Å². The van der Waals surface area contributed by atoms with E-state index in [2.05, 4.69) is 15.6 Å². The van der Waals surface area contributed by atoms with Crippen LogP contribution in [0.1, 0.15) is 38.1 Å². The number of nitrogens with one attached hydrogen (secondary N) is 2. The number of hydrogen-bond donors (Lipinski definition) is 2. The zero-order valence-electron chi connectivity index (χ0n) is 14.2. The van der Waals surface area contributed by atoms with Crippen LogP contribution in [-0.2, 0) is 4.74 Å². The Morgan fingerprint density at radius 3 is 2.12 bits per heavy atom. The number of ether oxygens (including phenoxy) is 1. The van der Waals surface area contributed by atoms with Crippen molar-refractivity contribution >= 4 is 29.1 Å². The third-order valence-corrected chi connectivity index (χ3v) is 2.97. The number of rotatable bonds is 4. The van der Waals surface area contributed by atoms with E-state index in [1.54, 1.807) is 51.2 Å². The highest BCUT2D eigenvalue weighted by molar-refractivity contribution is 5.94. The van der Waals surface area contributed by atoms with E-state index in [-0.39, 0.29) is 5.78 Å². The van der Waals surface area contributed by atoms with Crippen LogP contribution < -0.4 is 10.6 Å². The second-order valence-corrected chi connectivity index (χ2v) is 6.32. The van der Waals surface area contributed by atoms with Crippen molar-refractivity contribution in [2.75, 3.05) is 10.6 Å². The van der Waals surface area contributed by atoms with Crippen LogP contribution in [0.15, 0.2) is 42.6 Å². The number of carbonyl (C=O) groups is 2. The summed E-state index contributed by atoms with van der Waals surface area (Å²) in [6.45, 7) is 6.92. The summed E-state index contributed by atoms with van der Waals surface area (Å²) in [6.07, 6.45) is 1.06. The van der Waals surface area contributed by atoms with Gasteiger partial charge in [-0.3, -0.25) is 10.1 Å². The molecule has 0 atom stereocenters. The van der Waals surface area contributed by atoms with E-state index in [0.29, 0.717) is 11.4 Å². The number of pyridine rings is 1. The van der Waals surface area contributed by atoms with Crippen molar-refractivity contribution in [3.05, 3.63) is 48.2 Å². The zero-order chi connectivity index (χ0) is 17.7. The smallest absolute Gasteiger partial charge is 0.413 e. The third-order valence-electron chi connectivity index (χ3n) is 2.97. The van der Waals surface area contributed by atoms with Crippen LogP contribution in [0.3, 0.4) is 0 Å². The van der Waals surface area contributed by atoms with Gasteiger partial charge in [0.25, 0.3) is 0 Å². The number of amides is 1. The van der Waals surface area contributed by atoms with Gasteiger partial charge in [-0.1, -0.05) is 0 Å². The van der Waals surface area contributed by atoms with Gasteiger partial charge in [0, 0.05) is 11.3 Å². The molecule has 2 N–H and O–H groups in total. The largest absolute Gasteiger partial charge is 0.444 e. The molecule has 0 unspecified atom stereocenters. The second kappa shape index (κ2) is 7.12. The van der Waals surface area contributed by atoms with E-state index in [4.69, 9.17) is 4.74 Å². The summed E-state index contributed by atoms with van der Waals surface area (Å²) in [5.74, 6) is 0.433. The van der Waals surface area contributed by atoms with Crippen molar-refractivity contribution in [3.63, 3.8) is 0 Å². The van der Waals surface area contributed by atoms with Crippen LogP contribution in [0.25, 0.3) is 0 Å². The Kier molecular flexibility index (Phi) is 5.18. The number of nitrogens with zero attached hydrogens (tertiary/aromatic N) is 1. The molecule has 1 amide bonds. The fourth-order valence-electron chi connectivity index (χ4n) is 1.90. The third kappa shape index (κ3) is 5.39. The molecule has 24 heavy (non-hydrogen) atoms. The zero-order valence-corrected chi connectivity index (χ0v) is 14.2. The van der Waals surface area contributed by atoms with E-state index in [1.165, 1.54) is 6.92 Å². The highest BCUT2D eigenvalue weighted by Gasteiger charge is 2.16. The van der Waals surface area contributed by atoms with Crippen molar-refractivity contribution in [2.24, 2.45) is 0 Å². The molecule has 0 aliphatic heterocycles. The summed E-state index contributed by atoms with van der Waals surface area (Å²) in [5, 5.41) is 5.74. The van der Waals surface area contributed by atoms with E-state index in [1.807, 2.05) is 12.1 Å². The number of benzene rings is 1. The molecule has 6 nitrogen and oxygen atoms in total. The van der Waals surface area contributed by atoms with Crippen LogP contribution in [0.4, 0.5) is 22.0 Å². The number of anilines is 3. The van der Waals surface area contributed by atoms with Gasteiger partial charge in [0.15, 0.2) is 5.78 Å². The van der Waals surface area contributed by atoms with Gasteiger partial charge in [0.1, 0.15) is 11.4 Å². The number of carbonyl (C=O) groups excluding carboxylic acids is 2. The lowest BCUT2D eigenvalue weighted by atomic mass is 10.1. The van der Waals surface area contributed by atoms with Crippen LogP contribution in [0.5, 0.6) is 0 Å². The molecule has 0 spiro atoms. The van der Waals surface area contributed by atoms with Gasteiger partial charge in [0.05, 0.1) is 11.9 Å². The van der Waals surface area contributed by atoms with Gasteiger partial charge >= 0.3 is 6.09 Å². The first kappa shape index (κ1) is 17.5. The highest BCUT2D eigenvalue weighted by atomic mass is 16.6. The van der Waals surface area contributed by atoms with Gasteiger partial charge in [-0.15, -0.1) is 0 Å². The second-order valence-electron chi connectivity index (χ2n) is 6.32. The fraction of sp³-hybridized carbons (Fsp3) is 0.278. The predicted molar refractivity (Wildman–Crippen MR) is 93.8 cm³/mol. The Balaban J connectivity index is 1.96. The average molecular weight is 327 g/mol. The van der Waals surface area contributed by atoms with Crippen LogP contribution in [-0.4, -0.2) is 22.5 Å².